The molecule has 0 aliphatic carbocycles. The van der Waals surface area contributed by atoms with E-state index in [-0.39, 0.29) is 23.8 Å². The van der Waals surface area contributed by atoms with Crippen LogP contribution in [0.4, 0.5) is 4.39 Å². The fourth-order valence-electron chi connectivity index (χ4n) is 3.15. The molecule has 3 N–H and O–H groups in total. The van der Waals surface area contributed by atoms with Crippen LogP contribution < -0.4 is 10.2 Å². The zero-order chi connectivity index (χ0) is 22.8. The van der Waals surface area contributed by atoms with E-state index in [9.17, 15) is 26.0 Å². The molecule has 2 heterocycles. The van der Waals surface area contributed by atoms with Crippen LogP contribution in [-0.4, -0.2) is 68.8 Å². The number of hydroxylamine groups is 1. The number of carbonyl (C=O) groups excluding carboxylic acids is 1. The van der Waals surface area contributed by atoms with Gasteiger partial charge in [0, 0.05) is 31.1 Å². The van der Waals surface area contributed by atoms with Crippen molar-refractivity contribution >= 4 is 37.5 Å². The molecule has 0 unspecified atom stereocenters. The molecule has 1 saturated heterocycles. The Morgan fingerprint density at radius 1 is 1.16 bits per heavy atom. The molecule has 31 heavy (non-hydrogen) atoms. The number of amides is 1. The molecule has 170 valence electrons. The maximum atomic E-state index is 13.2. The number of nitrogens with zero attached hydrogens (tertiary/aromatic N) is 2. The Bertz CT molecular complexity index is 1150. The Kier molecular flexibility index (Phi) is 7.10. The van der Waals surface area contributed by atoms with E-state index in [2.05, 4.69) is 4.72 Å². The third-order valence-corrected chi connectivity index (χ3v) is 9.82. The summed E-state index contributed by atoms with van der Waals surface area (Å²) in [5.41, 5.74) is 2.03. The number of carbonyl (C=O) groups is 1. The van der Waals surface area contributed by atoms with Crippen molar-refractivity contribution in [3.8, 4) is 10.4 Å². The van der Waals surface area contributed by atoms with Crippen LogP contribution in [0.2, 0.25) is 0 Å². The molecule has 1 aliphatic rings. The van der Waals surface area contributed by atoms with E-state index in [1.165, 1.54) is 35.8 Å². The lowest BCUT2D eigenvalue weighted by atomic mass is 10.2. The quantitative estimate of drug-likeness (QED) is 0.382. The first-order valence-electron chi connectivity index (χ1n) is 9.16. The smallest absolute Gasteiger partial charge is 0.279 e. The molecule has 2 aromatic rings. The molecule has 1 fully saturated rings. The molecule has 0 spiro atoms. The molecule has 0 bridgehead atoms. The lowest BCUT2D eigenvalue weighted by molar-refractivity contribution is -0.134. The summed E-state index contributed by atoms with van der Waals surface area (Å²) in [6.07, 6.45) is 0. The molecule has 14 heteroatoms. The Labute approximate surface area is 183 Å². The number of rotatable bonds is 7. The average Bonchev–Trinajstić information content (AvgIpc) is 3.24. The van der Waals surface area contributed by atoms with Crippen LogP contribution in [0.3, 0.4) is 0 Å². The number of benzene rings is 1. The fourth-order valence-corrected chi connectivity index (χ4v) is 7.37. The van der Waals surface area contributed by atoms with Crippen LogP contribution in [0.25, 0.3) is 10.4 Å². The van der Waals surface area contributed by atoms with Crippen molar-refractivity contribution in [1.82, 2.24) is 18.8 Å². The van der Waals surface area contributed by atoms with Crippen LogP contribution in [0, 0.1) is 5.82 Å². The second-order valence-corrected chi connectivity index (χ2v) is 11.6. The number of sulfonamides is 1. The zero-order valence-corrected chi connectivity index (χ0v) is 18.8. The van der Waals surface area contributed by atoms with Crippen molar-refractivity contribution < 1.29 is 31.2 Å². The highest BCUT2D eigenvalue weighted by atomic mass is 32.2. The van der Waals surface area contributed by atoms with Gasteiger partial charge >= 0.3 is 0 Å². The topological polar surface area (TPSA) is 136 Å². The first-order chi connectivity index (χ1) is 14.6. The van der Waals surface area contributed by atoms with E-state index in [4.69, 9.17) is 5.21 Å². The van der Waals surface area contributed by atoms with Crippen LogP contribution in [0.1, 0.15) is 6.92 Å². The first-order valence-corrected chi connectivity index (χ1v) is 12.9. The molecule has 0 radical (unpaired) electrons. The van der Waals surface area contributed by atoms with Crippen molar-refractivity contribution in [2.24, 2.45) is 0 Å². The summed E-state index contributed by atoms with van der Waals surface area (Å²) < 4.78 is 68.2. The predicted octanol–water partition coefficient (Wildman–Crippen LogP) is 0.589. The summed E-state index contributed by atoms with van der Waals surface area (Å²) in [5.74, 6) is -1.47. The van der Waals surface area contributed by atoms with Crippen LogP contribution in [0.15, 0.2) is 40.6 Å². The largest absolute Gasteiger partial charge is 0.289 e. The summed E-state index contributed by atoms with van der Waals surface area (Å²) in [6.45, 7) is 0.802. The second-order valence-electron chi connectivity index (χ2n) is 6.59. The van der Waals surface area contributed by atoms with E-state index >= 15 is 0 Å². The summed E-state index contributed by atoms with van der Waals surface area (Å²) >= 11 is 0.938. The van der Waals surface area contributed by atoms with Gasteiger partial charge in [0.15, 0.2) is 0 Å². The summed E-state index contributed by atoms with van der Waals surface area (Å²) in [4.78, 5) is 12.8. The number of hydrogen-bond donors (Lipinski definition) is 3. The van der Waals surface area contributed by atoms with Crippen LogP contribution >= 0.6 is 11.3 Å². The average molecular weight is 493 g/mol. The van der Waals surface area contributed by atoms with Crippen molar-refractivity contribution in [2.75, 3.05) is 26.2 Å². The Balaban J connectivity index is 1.91. The molecule has 1 atom stereocenters. The number of halogens is 1. The second kappa shape index (κ2) is 9.28. The van der Waals surface area contributed by atoms with Gasteiger partial charge in [-0.3, -0.25) is 10.0 Å². The van der Waals surface area contributed by atoms with E-state index < -0.39 is 44.5 Å². The molecule has 0 saturated carbocycles. The van der Waals surface area contributed by atoms with Gasteiger partial charge in [0.05, 0.1) is 0 Å². The number of hydrogen-bond acceptors (Lipinski definition) is 7. The zero-order valence-electron chi connectivity index (χ0n) is 16.4. The van der Waals surface area contributed by atoms with Gasteiger partial charge in [-0.15, -0.1) is 11.3 Å². The van der Waals surface area contributed by atoms with E-state index in [1.54, 1.807) is 13.0 Å². The minimum atomic E-state index is -4.18. The lowest BCUT2D eigenvalue weighted by Gasteiger charge is -2.38. The van der Waals surface area contributed by atoms with E-state index in [0.717, 1.165) is 19.9 Å². The molecular weight excluding hydrogens is 471 g/mol. The maximum Gasteiger partial charge on any atom is 0.279 e. The standard InChI is InChI=1S/C17H21FN4O6S3/c1-2-19-31(27,28)21-9-10-22(14(11-21)17(23)20-24)30(25,26)16-8-7-15(29-16)12-3-5-13(18)6-4-12/h3-8,14,19,24H,2,9-11H2,1H3,(H,20,23)/t14-/m1/s1. The predicted molar refractivity (Wildman–Crippen MR) is 111 cm³/mol. The van der Waals surface area contributed by atoms with Crippen molar-refractivity contribution in [3.63, 3.8) is 0 Å². The van der Waals surface area contributed by atoms with Gasteiger partial charge in [-0.05, 0) is 29.8 Å². The number of thiophene rings is 1. The molecule has 10 nitrogen and oxygen atoms in total. The van der Waals surface area contributed by atoms with Gasteiger partial charge in [0.1, 0.15) is 16.1 Å². The minimum absolute atomic E-state index is 0.0643. The van der Waals surface area contributed by atoms with Crippen molar-refractivity contribution in [2.45, 2.75) is 17.2 Å². The van der Waals surface area contributed by atoms with Gasteiger partial charge in [0.2, 0.25) is 0 Å². The molecule has 1 aliphatic heterocycles. The third kappa shape index (κ3) is 4.95. The Morgan fingerprint density at radius 3 is 2.45 bits per heavy atom. The van der Waals surface area contributed by atoms with Gasteiger partial charge < -0.3 is 0 Å². The minimum Gasteiger partial charge on any atom is -0.289 e. The number of piperazine rings is 1. The lowest BCUT2D eigenvalue weighted by Crippen LogP contribution is -2.62. The summed E-state index contributed by atoms with van der Waals surface area (Å²) in [7, 11) is -8.08. The third-order valence-electron chi connectivity index (χ3n) is 4.65. The van der Waals surface area contributed by atoms with Crippen LogP contribution in [-0.2, 0) is 25.0 Å². The van der Waals surface area contributed by atoms with E-state index in [0.29, 0.717) is 10.4 Å². The maximum absolute atomic E-state index is 13.2. The summed E-state index contributed by atoms with van der Waals surface area (Å²) in [6, 6.07) is 7.03. The Hall–Kier alpha value is -1.94. The summed E-state index contributed by atoms with van der Waals surface area (Å²) in [5, 5.41) is 9.08. The Morgan fingerprint density at radius 2 is 1.84 bits per heavy atom. The molecular formula is C17H21FN4O6S3. The normalized spacial score (nSPS) is 18.7. The van der Waals surface area contributed by atoms with Crippen molar-refractivity contribution in [1.29, 1.82) is 0 Å². The molecule has 1 aromatic carbocycles. The van der Waals surface area contributed by atoms with E-state index in [1.807, 2.05) is 0 Å². The van der Waals surface area contributed by atoms with Crippen molar-refractivity contribution in [3.05, 3.63) is 42.2 Å². The highest BCUT2D eigenvalue weighted by Crippen LogP contribution is 2.33. The monoisotopic (exact) mass is 492 g/mol. The van der Waals surface area contributed by atoms with Gasteiger partial charge in [-0.25, -0.2) is 23.0 Å². The molecule has 3 rings (SSSR count). The fraction of sp³-hybridized carbons (Fsp3) is 0.353. The molecule has 1 amide bonds. The van der Waals surface area contributed by atoms with Crippen LogP contribution in [0.5, 0.6) is 0 Å². The molecule has 1 aromatic heterocycles. The SMILES string of the molecule is CCNS(=O)(=O)N1CCN(S(=O)(=O)c2ccc(-c3ccc(F)cc3)s2)[C@@H](C(=O)NO)C1. The number of nitrogens with one attached hydrogen (secondary N) is 2. The highest BCUT2D eigenvalue weighted by Gasteiger charge is 2.43. The van der Waals surface area contributed by atoms with Gasteiger partial charge in [-0.1, -0.05) is 19.1 Å². The van der Waals surface area contributed by atoms with Gasteiger partial charge in [0.25, 0.3) is 26.1 Å². The highest BCUT2D eigenvalue weighted by molar-refractivity contribution is 7.91. The first kappa shape index (κ1) is 23.7. The van der Waals surface area contributed by atoms with Gasteiger partial charge in [-0.2, -0.15) is 17.0 Å².